The molecule has 2 aliphatic carbocycles. The fourth-order valence-corrected chi connectivity index (χ4v) is 3.71. The molecule has 1 unspecified atom stereocenters. The molecule has 1 nitrogen and oxygen atoms in total. The van der Waals surface area contributed by atoms with Crippen LogP contribution in [0.25, 0.3) is 0 Å². The van der Waals surface area contributed by atoms with Crippen LogP contribution in [0.2, 0.25) is 0 Å². The fraction of sp³-hybridized carbons (Fsp3) is 0.571. The Morgan fingerprint density at radius 2 is 1.82 bits per heavy atom. The number of halogens is 2. The molecular weight excluding hydrogens is 220 g/mol. The first-order chi connectivity index (χ1) is 8.12. The molecule has 1 spiro atoms. The zero-order chi connectivity index (χ0) is 12.0. The van der Waals surface area contributed by atoms with Gasteiger partial charge in [-0.3, -0.25) is 0 Å². The summed E-state index contributed by atoms with van der Waals surface area (Å²) in [7, 11) is 0. The molecule has 0 aliphatic heterocycles. The lowest BCUT2D eigenvalue weighted by Crippen LogP contribution is -2.33. The summed E-state index contributed by atoms with van der Waals surface area (Å²) in [5.74, 6) is -0.899. The van der Waals surface area contributed by atoms with Crippen LogP contribution < -0.4 is 5.73 Å². The molecule has 1 aromatic carbocycles. The van der Waals surface area contributed by atoms with Gasteiger partial charge in [0, 0.05) is 12.1 Å². The third-order valence-electron chi connectivity index (χ3n) is 4.51. The Morgan fingerprint density at radius 1 is 1.12 bits per heavy atom. The van der Waals surface area contributed by atoms with Crippen molar-refractivity contribution in [1.82, 2.24) is 0 Å². The molecular formula is C14H17F2N. The van der Waals surface area contributed by atoms with Gasteiger partial charge in [-0.2, -0.15) is 0 Å². The van der Waals surface area contributed by atoms with Gasteiger partial charge in [-0.25, -0.2) is 8.78 Å². The summed E-state index contributed by atoms with van der Waals surface area (Å²) in [6, 6.07) is 2.24. The van der Waals surface area contributed by atoms with E-state index < -0.39 is 11.6 Å². The van der Waals surface area contributed by atoms with Gasteiger partial charge in [-0.15, -0.1) is 0 Å². The van der Waals surface area contributed by atoms with E-state index in [1.54, 1.807) is 0 Å². The van der Waals surface area contributed by atoms with Crippen molar-refractivity contribution in [3.05, 3.63) is 34.9 Å². The van der Waals surface area contributed by atoms with Gasteiger partial charge in [0.15, 0.2) is 0 Å². The summed E-state index contributed by atoms with van der Waals surface area (Å²) in [4.78, 5) is 0. The number of rotatable bonds is 0. The number of nitrogens with two attached hydrogens (primary N) is 1. The first-order valence-corrected chi connectivity index (χ1v) is 6.37. The lowest BCUT2D eigenvalue weighted by Gasteiger charge is -2.38. The molecule has 0 radical (unpaired) electrons. The standard InChI is InChI=1S/C14H17F2N/c15-9-7-10-12(17)3-6-14(4-1-2-5-14)13(10)11(16)8-9/h7-8,12H,1-6,17H2. The van der Waals surface area contributed by atoms with E-state index in [-0.39, 0.29) is 11.5 Å². The zero-order valence-electron chi connectivity index (χ0n) is 9.81. The largest absolute Gasteiger partial charge is 0.324 e. The predicted molar refractivity (Wildman–Crippen MR) is 62.7 cm³/mol. The van der Waals surface area contributed by atoms with E-state index in [0.29, 0.717) is 5.56 Å². The van der Waals surface area contributed by atoms with Gasteiger partial charge in [-0.1, -0.05) is 12.8 Å². The Labute approximate surface area is 100 Å². The van der Waals surface area contributed by atoms with Crippen molar-refractivity contribution in [2.24, 2.45) is 5.73 Å². The second-order valence-corrected chi connectivity index (χ2v) is 5.48. The van der Waals surface area contributed by atoms with Crippen LogP contribution in [0.15, 0.2) is 12.1 Å². The highest BCUT2D eigenvalue weighted by Crippen LogP contribution is 2.51. The Balaban J connectivity index is 2.20. The van der Waals surface area contributed by atoms with Gasteiger partial charge in [0.2, 0.25) is 0 Å². The third-order valence-corrected chi connectivity index (χ3v) is 4.51. The fourth-order valence-electron chi connectivity index (χ4n) is 3.71. The molecule has 17 heavy (non-hydrogen) atoms. The molecule has 2 N–H and O–H groups in total. The van der Waals surface area contributed by atoms with Crippen LogP contribution in [0.4, 0.5) is 8.78 Å². The van der Waals surface area contributed by atoms with Crippen molar-refractivity contribution >= 4 is 0 Å². The molecule has 0 amide bonds. The maximum atomic E-state index is 14.1. The Morgan fingerprint density at radius 3 is 2.53 bits per heavy atom. The highest BCUT2D eigenvalue weighted by molar-refractivity contribution is 5.41. The van der Waals surface area contributed by atoms with Crippen LogP contribution in [-0.4, -0.2) is 0 Å². The molecule has 0 saturated heterocycles. The molecule has 1 fully saturated rings. The van der Waals surface area contributed by atoms with Crippen LogP contribution in [0.1, 0.15) is 55.7 Å². The Bertz CT molecular complexity index is 450. The van der Waals surface area contributed by atoms with E-state index in [2.05, 4.69) is 0 Å². The molecule has 92 valence electrons. The minimum atomic E-state index is -0.508. The van der Waals surface area contributed by atoms with E-state index in [4.69, 9.17) is 5.73 Å². The quantitative estimate of drug-likeness (QED) is 0.733. The molecule has 1 aromatic rings. The van der Waals surface area contributed by atoms with Gasteiger partial charge >= 0.3 is 0 Å². The second kappa shape index (κ2) is 3.77. The number of hydrogen-bond donors (Lipinski definition) is 1. The van der Waals surface area contributed by atoms with Gasteiger partial charge in [0.1, 0.15) is 11.6 Å². The van der Waals surface area contributed by atoms with Crippen molar-refractivity contribution in [1.29, 1.82) is 0 Å². The summed E-state index contributed by atoms with van der Waals surface area (Å²) in [6.07, 6.45) is 6.13. The van der Waals surface area contributed by atoms with Crippen molar-refractivity contribution < 1.29 is 8.78 Å². The molecule has 3 rings (SSSR count). The Kier molecular flexibility index (Phi) is 2.47. The SMILES string of the molecule is NC1CCC2(CCCC2)c2c(F)cc(F)cc21. The lowest BCUT2D eigenvalue weighted by molar-refractivity contribution is 0.327. The lowest BCUT2D eigenvalue weighted by atomic mass is 9.67. The molecule has 1 atom stereocenters. The van der Waals surface area contributed by atoms with Gasteiger partial charge in [0.05, 0.1) is 0 Å². The highest BCUT2D eigenvalue weighted by Gasteiger charge is 2.43. The number of benzene rings is 1. The summed E-state index contributed by atoms with van der Waals surface area (Å²) in [5, 5.41) is 0. The minimum Gasteiger partial charge on any atom is -0.324 e. The number of fused-ring (bicyclic) bond motifs is 2. The first-order valence-electron chi connectivity index (χ1n) is 6.37. The van der Waals surface area contributed by atoms with Crippen molar-refractivity contribution in [2.45, 2.75) is 50.0 Å². The molecule has 0 bridgehead atoms. The molecule has 1 saturated carbocycles. The summed E-state index contributed by atoms with van der Waals surface area (Å²) < 4.78 is 27.4. The molecule has 0 aromatic heterocycles. The maximum Gasteiger partial charge on any atom is 0.130 e. The maximum absolute atomic E-state index is 14.1. The third kappa shape index (κ3) is 1.60. The van der Waals surface area contributed by atoms with Crippen LogP contribution in [0.3, 0.4) is 0 Å². The molecule has 3 heteroatoms. The van der Waals surface area contributed by atoms with Crippen LogP contribution in [0, 0.1) is 11.6 Å². The Hall–Kier alpha value is -0.960. The first kappa shape index (κ1) is 11.1. The van der Waals surface area contributed by atoms with E-state index in [1.165, 1.54) is 6.07 Å². The van der Waals surface area contributed by atoms with Crippen LogP contribution in [0.5, 0.6) is 0 Å². The summed E-state index contributed by atoms with van der Waals surface area (Å²) >= 11 is 0. The molecule has 0 heterocycles. The normalized spacial score (nSPS) is 26.2. The van der Waals surface area contributed by atoms with E-state index in [0.717, 1.165) is 50.2 Å². The summed E-state index contributed by atoms with van der Waals surface area (Å²) in [5.41, 5.74) is 7.37. The van der Waals surface area contributed by atoms with E-state index in [9.17, 15) is 8.78 Å². The minimum absolute atomic E-state index is 0.0526. The predicted octanol–water partition coefficient (Wildman–Crippen LogP) is 3.57. The average Bonchev–Trinajstić information content (AvgIpc) is 2.72. The zero-order valence-corrected chi connectivity index (χ0v) is 9.81. The average molecular weight is 237 g/mol. The number of hydrogen-bond acceptors (Lipinski definition) is 1. The van der Waals surface area contributed by atoms with E-state index in [1.807, 2.05) is 0 Å². The van der Waals surface area contributed by atoms with Gasteiger partial charge < -0.3 is 5.73 Å². The van der Waals surface area contributed by atoms with Crippen LogP contribution in [-0.2, 0) is 5.41 Å². The van der Waals surface area contributed by atoms with Crippen molar-refractivity contribution in [2.75, 3.05) is 0 Å². The van der Waals surface area contributed by atoms with Crippen LogP contribution >= 0.6 is 0 Å². The molecule has 2 aliphatic rings. The van der Waals surface area contributed by atoms with Crippen molar-refractivity contribution in [3.63, 3.8) is 0 Å². The topological polar surface area (TPSA) is 26.0 Å². The monoisotopic (exact) mass is 237 g/mol. The van der Waals surface area contributed by atoms with Gasteiger partial charge in [-0.05, 0) is 48.3 Å². The summed E-state index contributed by atoms with van der Waals surface area (Å²) in [6.45, 7) is 0. The van der Waals surface area contributed by atoms with Crippen molar-refractivity contribution in [3.8, 4) is 0 Å². The highest BCUT2D eigenvalue weighted by atomic mass is 19.1. The van der Waals surface area contributed by atoms with E-state index >= 15 is 0 Å². The van der Waals surface area contributed by atoms with Gasteiger partial charge in [0.25, 0.3) is 0 Å². The smallest absolute Gasteiger partial charge is 0.130 e. The second-order valence-electron chi connectivity index (χ2n) is 5.48.